The Bertz CT molecular complexity index is 1750. The Labute approximate surface area is 260 Å². The van der Waals surface area contributed by atoms with Gasteiger partial charge in [-0.05, 0) is 72.1 Å². The molecule has 0 unspecified atom stereocenters. The minimum absolute atomic E-state index is 0.203. The van der Waals surface area contributed by atoms with Gasteiger partial charge in [-0.2, -0.15) is 5.48 Å². The number of amides is 1. The second-order valence-electron chi connectivity index (χ2n) is 10.8. The Kier molecular flexibility index (Phi) is 9.71. The van der Waals surface area contributed by atoms with Crippen LogP contribution in [0.25, 0.3) is 21.0 Å². The number of carbonyl (C=O) groups is 1. The van der Waals surface area contributed by atoms with Crippen molar-refractivity contribution in [2.45, 2.75) is 26.2 Å². The molecule has 0 atom stereocenters. The third-order valence-electron chi connectivity index (χ3n) is 7.85. The fraction of sp³-hybridized carbons (Fsp3) is 0.294. The first-order valence-corrected chi connectivity index (χ1v) is 15.8. The average Bonchev–Trinajstić information content (AvgIpc) is 3.54. The number of nitrogens with zero attached hydrogens (tertiary/aromatic N) is 3. The number of pyridine rings is 1. The fourth-order valence-electron chi connectivity index (χ4n) is 5.49. The summed E-state index contributed by atoms with van der Waals surface area (Å²) in [4.78, 5) is 35.0. The molecule has 1 N–H and O–H groups in total. The highest BCUT2D eigenvalue weighted by molar-refractivity contribution is 7.17. The lowest BCUT2D eigenvalue weighted by Gasteiger charge is -2.36. The summed E-state index contributed by atoms with van der Waals surface area (Å²) in [7, 11) is 0. The van der Waals surface area contributed by atoms with Crippen molar-refractivity contribution < 1.29 is 19.1 Å². The Morgan fingerprint density at radius 3 is 2.59 bits per heavy atom. The van der Waals surface area contributed by atoms with Crippen LogP contribution in [0.15, 0.2) is 95.1 Å². The predicted molar refractivity (Wildman–Crippen MR) is 174 cm³/mol. The van der Waals surface area contributed by atoms with E-state index in [-0.39, 0.29) is 18.9 Å². The van der Waals surface area contributed by atoms with Crippen molar-refractivity contribution in [2.75, 3.05) is 44.2 Å². The molecule has 1 amide bonds. The SMILES string of the molecule is O=C(NOCc1ccccc1)OCn1c(=O)ccc2ccc(OCCCCN3CCN(c4cccc5sccc45)CC3)cc21. The molecule has 3 heterocycles. The number of hydrogen-bond acceptors (Lipinski definition) is 8. The van der Waals surface area contributed by atoms with E-state index < -0.39 is 6.09 Å². The summed E-state index contributed by atoms with van der Waals surface area (Å²) in [5, 5.41) is 4.37. The van der Waals surface area contributed by atoms with Crippen molar-refractivity contribution >= 4 is 44.1 Å². The number of nitrogens with one attached hydrogen (secondary N) is 1. The van der Waals surface area contributed by atoms with Gasteiger partial charge in [-0.15, -0.1) is 11.3 Å². The molecule has 5 aromatic rings. The number of unbranched alkanes of at least 4 members (excludes halogenated alkanes) is 1. The highest BCUT2D eigenvalue weighted by Crippen LogP contribution is 2.31. The van der Waals surface area contributed by atoms with Gasteiger partial charge in [-0.1, -0.05) is 36.4 Å². The van der Waals surface area contributed by atoms with Crippen LogP contribution in [0, 0.1) is 0 Å². The predicted octanol–water partition coefficient (Wildman–Crippen LogP) is 6.01. The van der Waals surface area contributed by atoms with Crippen molar-refractivity contribution in [1.82, 2.24) is 14.9 Å². The van der Waals surface area contributed by atoms with E-state index in [0.717, 1.165) is 56.5 Å². The molecule has 0 aliphatic carbocycles. The summed E-state index contributed by atoms with van der Waals surface area (Å²) in [6.45, 7) is 5.77. The zero-order chi connectivity index (χ0) is 30.1. The van der Waals surface area contributed by atoms with Crippen LogP contribution in [0.4, 0.5) is 10.5 Å². The third kappa shape index (κ3) is 7.39. The number of anilines is 1. The van der Waals surface area contributed by atoms with E-state index in [1.54, 1.807) is 17.4 Å². The summed E-state index contributed by atoms with van der Waals surface area (Å²) in [6, 6.07) is 27.1. The molecule has 3 aromatic carbocycles. The molecule has 1 fully saturated rings. The van der Waals surface area contributed by atoms with Crippen LogP contribution in [0.1, 0.15) is 18.4 Å². The molecule has 2 aromatic heterocycles. The Morgan fingerprint density at radius 1 is 0.886 bits per heavy atom. The molecule has 9 nitrogen and oxygen atoms in total. The number of carbonyl (C=O) groups excluding carboxylic acids is 1. The van der Waals surface area contributed by atoms with Crippen molar-refractivity contribution in [1.29, 1.82) is 0 Å². The first-order valence-electron chi connectivity index (χ1n) is 14.9. The van der Waals surface area contributed by atoms with Crippen LogP contribution in [0.2, 0.25) is 0 Å². The maximum Gasteiger partial charge on any atom is 0.433 e. The highest BCUT2D eigenvalue weighted by Gasteiger charge is 2.18. The summed E-state index contributed by atoms with van der Waals surface area (Å²) >= 11 is 1.80. The Balaban J connectivity index is 0.942. The van der Waals surface area contributed by atoms with Crippen LogP contribution in [0.3, 0.4) is 0 Å². The lowest BCUT2D eigenvalue weighted by molar-refractivity contribution is 0.00925. The number of benzene rings is 3. The van der Waals surface area contributed by atoms with Gasteiger partial charge in [0, 0.05) is 54.1 Å². The summed E-state index contributed by atoms with van der Waals surface area (Å²) in [5.41, 5.74) is 4.86. The minimum atomic E-state index is -0.779. The number of ether oxygens (including phenoxy) is 2. The molecule has 0 bridgehead atoms. The number of hydrogen-bond donors (Lipinski definition) is 1. The van der Waals surface area contributed by atoms with Gasteiger partial charge in [-0.25, -0.2) is 4.79 Å². The molecule has 1 aliphatic rings. The average molecular weight is 613 g/mol. The van der Waals surface area contributed by atoms with Gasteiger partial charge in [0.2, 0.25) is 0 Å². The first kappa shape index (κ1) is 29.7. The number of fused-ring (bicyclic) bond motifs is 2. The van der Waals surface area contributed by atoms with Crippen LogP contribution >= 0.6 is 11.3 Å². The van der Waals surface area contributed by atoms with Gasteiger partial charge < -0.3 is 14.4 Å². The quantitative estimate of drug-likeness (QED) is 0.136. The van der Waals surface area contributed by atoms with Crippen LogP contribution in [-0.2, 0) is 22.9 Å². The number of aromatic nitrogens is 1. The van der Waals surface area contributed by atoms with Gasteiger partial charge in [0.25, 0.3) is 5.56 Å². The fourth-order valence-corrected chi connectivity index (χ4v) is 6.30. The lowest BCUT2D eigenvalue weighted by Crippen LogP contribution is -2.46. The third-order valence-corrected chi connectivity index (χ3v) is 8.73. The van der Waals surface area contributed by atoms with E-state index >= 15 is 0 Å². The molecule has 44 heavy (non-hydrogen) atoms. The highest BCUT2D eigenvalue weighted by atomic mass is 32.1. The number of hydroxylamine groups is 1. The molecule has 228 valence electrons. The van der Waals surface area contributed by atoms with E-state index in [2.05, 4.69) is 44.9 Å². The number of rotatable bonds is 12. The van der Waals surface area contributed by atoms with E-state index in [9.17, 15) is 9.59 Å². The Hall–Kier alpha value is -4.38. The van der Waals surface area contributed by atoms with Gasteiger partial charge in [0.05, 0.1) is 18.7 Å². The number of piperazine rings is 1. The van der Waals surface area contributed by atoms with Gasteiger partial charge in [0.15, 0.2) is 6.73 Å². The van der Waals surface area contributed by atoms with Gasteiger partial charge in [-0.3, -0.25) is 19.1 Å². The standard InChI is InChI=1S/C34H36N4O5S/c39-33-14-12-27-11-13-28(23-31(27)38(33)25-42-34(40)35-43-24-26-7-2-1-3-8-26)41-21-5-4-16-36-17-19-37(20-18-36)30-9-6-10-32-29(30)15-22-44-32/h1-3,6-15,22-23H,4-5,16-21,24-25H2,(H,35,40). The van der Waals surface area contributed by atoms with Crippen molar-refractivity contribution in [3.05, 3.63) is 106 Å². The Morgan fingerprint density at radius 2 is 1.73 bits per heavy atom. The van der Waals surface area contributed by atoms with Gasteiger partial charge in [0.1, 0.15) is 5.75 Å². The zero-order valence-corrected chi connectivity index (χ0v) is 25.3. The normalized spacial score (nSPS) is 13.8. The molecule has 1 aliphatic heterocycles. The van der Waals surface area contributed by atoms with Crippen LogP contribution < -0.4 is 20.7 Å². The smallest absolute Gasteiger partial charge is 0.433 e. The molecular weight excluding hydrogens is 576 g/mol. The van der Waals surface area contributed by atoms with Crippen LogP contribution in [-0.4, -0.2) is 54.9 Å². The molecular formula is C34H36N4O5S. The first-order chi connectivity index (χ1) is 21.6. The molecule has 10 heteroatoms. The van der Waals surface area contributed by atoms with E-state index in [4.69, 9.17) is 14.3 Å². The molecule has 0 saturated carbocycles. The zero-order valence-electron chi connectivity index (χ0n) is 24.5. The summed E-state index contributed by atoms with van der Waals surface area (Å²) < 4.78 is 14.0. The molecule has 0 spiro atoms. The van der Waals surface area contributed by atoms with Crippen LogP contribution in [0.5, 0.6) is 5.75 Å². The topological polar surface area (TPSA) is 85.3 Å². The largest absolute Gasteiger partial charge is 0.494 e. The van der Waals surface area contributed by atoms with E-state index in [0.29, 0.717) is 17.9 Å². The van der Waals surface area contributed by atoms with Gasteiger partial charge >= 0.3 is 6.09 Å². The minimum Gasteiger partial charge on any atom is -0.494 e. The van der Waals surface area contributed by atoms with Crippen molar-refractivity contribution in [3.63, 3.8) is 0 Å². The second kappa shape index (κ2) is 14.4. The van der Waals surface area contributed by atoms with Crippen molar-refractivity contribution in [2.24, 2.45) is 0 Å². The molecule has 6 rings (SSSR count). The monoisotopic (exact) mass is 612 g/mol. The molecule has 1 saturated heterocycles. The maximum absolute atomic E-state index is 12.6. The van der Waals surface area contributed by atoms with E-state index in [1.807, 2.05) is 48.5 Å². The summed E-state index contributed by atoms with van der Waals surface area (Å²) in [6.07, 6.45) is 1.20. The van der Waals surface area contributed by atoms with E-state index in [1.165, 1.54) is 26.4 Å². The summed E-state index contributed by atoms with van der Waals surface area (Å²) in [5.74, 6) is 0.670. The maximum atomic E-state index is 12.6. The molecule has 0 radical (unpaired) electrons. The van der Waals surface area contributed by atoms with Crippen molar-refractivity contribution in [3.8, 4) is 5.75 Å². The second-order valence-corrected chi connectivity index (χ2v) is 11.7. The lowest BCUT2D eigenvalue weighted by atomic mass is 10.2. The number of thiophene rings is 1.